The van der Waals surface area contributed by atoms with Crippen molar-refractivity contribution >= 4 is 51.0 Å². The van der Waals surface area contributed by atoms with Crippen LogP contribution in [0.5, 0.6) is 0 Å². The number of carbonyl (C=O) groups is 2. The van der Waals surface area contributed by atoms with E-state index in [1.54, 1.807) is 39.5 Å². The highest BCUT2D eigenvalue weighted by Gasteiger charge is 2.36. The molecule has 2 amide bonds. The highest BCUT2D eigenvalue weighted by Crippen LogP contribution is 2.47. The molecule has 0 bridgehead atoms. The molecule has 0 fully saturated rings. The van der Waals surface area contributed by atoms with E-state index in [0.717, 1.165) is 42.0 Å². The van der Waals surface area contributed by atoms with Gasteiger partial charge in [0.1, 0.15) is 5.60 Å². The molecule has 0 aromatic heterocycles. The lowest BCUT2D eigenvalue weighted by atomic mass is 9.93. The molecule has 2 rings (SSSR count). The van der Waals surface area contributed by atoms with E-state index in [-0.39, 0.29) is 11.9 Å². The van der Waals surface area contributed by atoms with Gasteiger partial charge in [-0.1, -0.05) is 27.7 Å². The summed E-state index contributed by atoms with van der Waals surface area (Å²) >= 11 is 1.76. The molecular weight excluding hydrogens is 500 g/mol. The average molecular weight is 543 g/mol. The third-order valence-electron chi connectivity index (χ3n) is 5.86. The van der Waals surface area contributed by atoms with Gasteiger partial charge in [-0.15, -0.1) is 0 Å². The second kappa shape index (κ2) is 11.1. The van der Waals surface area contributed by atoms with Crippen LogP contribution >= 0.6 is 11.8 Å². The summed E-state index contributed by atoms with van der Waals surface area (Å²) in [6.45, 7) is 17.0. The maximum absolute atomic E-state index is 13.1. The summed E-state index contributed by atoms with van der Waals surface area (Å²) in [5.41, 5.74) is 2.75. The second-order valence-electron chi connectivity index (χ2n) is 11.2. The van der Waals surface area contributed by atoms with Crippen molar-refractivity contribution in [2.45, 2.75) is 86.8 Å². The molecule has 1 heterocycles. The number of amides is 2. The van der Waals surface area contributed by atoms with Crippen molar-refractivity contribution in [2.24, 2.45) is 5.41 Å². The molecule has 0 saturated heterocycles. The van der Waals surface area contributed by atoms with Gasteiger partial charge in [0.2, 0.25) is 5.91 Å². The molecule has 1 atom stereocenters. The van der Waals surface area contributed by atoms with Crippen LogP contribution in [0.25, 0.3) is 0 Å². The number of nitrogens with one attached hydrogen (secondary N) is 3. The third kappa shape index (κ3) is 7.21. The van der Waals surface area contributed by atoms with Gasteiger partial charge in [0.25, 0.3) is 0 Å². The Bertz CT molecular complexity index is 1110. The van der Waals surface area contributed by atoms with Crippen LogP contribution in [-0.2, 0) is 26.2 Å². The van der Waals surface area contributed by atoms with E-state index in [4.69, 9.17) is 4.74 Å². The smallest absolute Gasteiger partial charge is 0.422 e. The first-order chi connectivity index (χ1) is 16.4. The fraction of sp³-hybridized carbons (Fsp3) is 0.680. The van der Waals surface area contributed by atoms with Gasteiger partial charge in [-0.2, -0.15) is 20.2 Å². The number of thioether (sulfide) groups is 1. The minimum atomic E-state index is -4.29. The van der Waals surface area contributed by atoms with Crippen molar-refractivity contribution in [1.29, 1.82) is 0 Å². The zero-order chi connectivity index (χ0) is 27.6. The summed E-state index contributed by atoms with van der Waals surface area (Å²) in [6.07, 6.45) is 2.66. The Kier molecular flexibility index (Phi) is 9.26. The third-order valence-corrected chi connectivity index (χ3v) is 7.49. The van der Waals surface area contributed by atoms with Crippen molar-refractivity contribution in [3.05, 3.63) is 16.7 Å². The molecular formula is C25H42N4O5S2. The molecule has 11 heteroatoms. The normalized spacial score (nSPS) is 15.9. The van der Waals surface area contributed by atoms with E-state index in [0.29, 0.717) is 16.9 Å². The number of hydrogen-bond donors (Lipinski definition) is 3. The second-order valence-corrected chi connectivity index (χ2v) is 13.6. The molecule has 3 N–H and O–H groups in total. The lowest BCUT2D eigenvalue weighted by molar-refractivity contribution is -0.123. The number of hydrogen-bond acceptors (Lipinski definition) is 7. The maximum atomic E-state index is 13.1. The Morgan fingerprint density at radius 3 is 2.19 bits per heavy atom. The quantitative estimate of drug-likeness (QED) is 0.424. The fourth-order valence-electron chi connectivity index (χ4n) is 4.21. The Morgan fingerprint density at radius 1 is 1.08 bits per heavy atom. The summed E-state index contributed by atoms with van der Waals surface area (Å²) in [6, 6.07) is 0.227. The van der Waals surface area contributed by atoms with E-state index in [1.807, 2.05) is 32.4 Å². The predicted octanol–water partition coefficient (Wildman–Crippen LogP) is 4.97. The van der Waals surface area contributed by atoms with Crippen molar-refractivity contribution in [3.8, 4) is 0 Å². The van der Waals surface area contributed by atoms with E-state index in [9.17, 15) is 18.0 Å². The number of anilines is 3. The van der Waals surface area contributed by atoms with Crippen molar-refractivity contribution in [3.63, 3.8) is 0 Å². The molecule has 36 heavy (non-hydrogen) atoms. The van der Waals surface area contributed by atoms with Crippen LogP contribution in [0.15, 0.2) is 0 Å². The van der Waals surface area contributed by atoms with Crippen LogP contribution < -0.4 is 19.7 Å². The highest BCUT2D eigenvalue weighted by molar-refractivity contribution is 7.98. The molecule has 1 aliphatic heterocycles. The van der Waals surface area contributed by atoms with Gasteiger partial charge in [-0.25, -0.2) is 9.52 Å². The van der Waals surface area contributed by atoms with Crippen LogP contribution in [0.1, 0.15) is 71.6 Å². The van der Waals surface area contributed by atoms with Crippen LogP contribution in [0.3, 0.4) is 0 Å². The first kappa shape index (κ1) is 30.1. The molecule has 1 unspecified atom stereocenters. The van der Waals surface area contributed by atoms with Gasteiger partial charge in [0, 0.05) is 23.8 Å². The van der Waals surface area contributed by atoms with E-state index in [2.05, 4.69) is 28.1 Å². The van der Waals surface area contributed by atoms with Crippen molar-refractivity contribution in [1.82, 2.24) is 4.72 Å². The number of rotatable bonds is 8. The van der Waals surface area contributed by atoms with E-state index >= 15 is 0 Å². The molecule has 204 valence electrons. The first-order valence-electron chi connectivity index (χ1n) is 12.2. The zero-order valence-corrected chi connectivity index (χ0v) is 24.8. The summed E-state index contributed by atoms with van der Waals surface area (Å²) in [5, 5.41) is 3.09. The summed E-state index contributed by atoms with van der Waals surface area (Å²) in [4.78, 5) is 27.6. The van der Waals surface area contributed by atoms with Crippen LogP contribution in [-0.4, -0.2) is 50.6 Å². The van der Waals surface area contributed by atoms with Crippen LogP contribution in [0.2, 0.25) is 0 Å². The van der Waals surface area contributed by atoms with E-state index in [1.165, 1.54) is 0 Å². The fourth-order valence-corrected chi connectivity index (χ4v) is 5.78. The minimum absolute atomic E-state index is 0.165. The first-order valence-corrected chi connectivity index (χ1v) is 15.1. The number of carbonyl (C=O) groups excluding carboxylic acids is 2. The Labute approximate surface area is 220 Å². The van der Waals surface area contributed by atoms with Crippen LogP contribution in [0.4, 0.5) is 21.9 Å². The number of fused-ring (bicyclic) bond motifs is 1. The zero-order valence-electron chi connectivity index (χ0n) is 23.2. The highest BCUT2D eigenvalue weighted by atomic mass is 32.2. The predicted molar refractivity (Wildman–Crippen MR) is 149 cm³/mol. The van der Waals surface area contributed by atoms with Crippen molar-refractivity contribution in [2.75, 3.05) is 33.5 Å². The Balaban J connectivity index is 2.63. The lowest BCUT2D eigenvalue weighted by Gasteiger charge is -2.31. The van der Waals surface area contributed by atoms with Gasteiger partial charge >= 0.3 is 16.3 Å². The summed E-state index contributed by atoms with van der Waals surface area (Å²) in [7, 11) is -4.29. The van der Waals surface area contributed by atoms with Gasteiger partial charge in [0.15, 0.2) is 0 Å². The standard InChI is InChI=1S/C25H42N4O5S2/c1-11-12-29-17(14-35-10)13-18-15(2)19(27-36(32,33)28-23(31)34-25(7,8)9)16(3)20(21(18)29)26-22(30)24(4,5)6/h17,27H,11-14H2,1-10H3,(H,26,30)(H,28,31). The molecule has 1 aromatic carbocycles. The molecule has 0 saturated carbocycles. The molecule has 1 aromatic rings. The maximum Gasteiger partial charge on any atom is 0.422 e. The number of ether oxygens (including phenoxy) is 1. The Hall–Kier alpha value is -2.14. The minimum Gasteiger partial charge on any atom is -0.443 e. The number of benzene rings is 1. The number of nitrogens with zero attached hydrogens (tertiary/aromatic N) is 1. The lowest BCUT2D eigenvalue weighted by Crippen LogP contribution is -2.39. The summed E-state index contributed by atoms with van der Waals surface area (Å²) < 4.78 is 35.4. The summed E-state index contributed by atoms with van der Waals surface area (Å²) in [5.74, 6) is 0.739. The van der Waals surface area contributed by atoms with Gasteiger partial charge in [-0.05, 0) is 70.4 Å². The molecule has 9 nitrogen and oxygen atoms in total. The largest absolute Gasteiger partial charge is 0.443 e. The van der Waals surface area contributed by atoms with Crippen molar-refractivity contribution < 1.29 is 22.7 Å². The SMILES string of the molecule is CCCN1c2c(c(C)c(NS(=O)(=O)NC(=O)OC(C)(C)C)c(C)c2NC(=O)C(C)(C)C)CC1CSC. The Morgan fingerprint density at radius 2 is 1.69 bits per heavy atom. The molecule has 0 aliphatic carbocycles. The monoisotopic (exact) mass is 542 g/mol. The van der Waals surface area contributed by atoms with Gasteiger partial charge in [-0.3, -0.25) is 9.52 Å². The molecule has 0 spiro atoms. The van der Waals surface area contributed by atoms with Crippen LogP contribution in [0, 0.1) is 19.3 Å². The van der Waals surface area contributed by atoms with Gasteiger partial charge in [0.05, 0.1) is 17.1 Å². The van der Waals surface area contributed by atoms with Gasteiger partial charge < -0.3 is 15.0 Å². The average Bonchev–Trinajstić information content (AvgIpc) is 3.04. The molecule has 0 radical (unpaired) electrons. The molecule has 1 aliphatic rings. The van der Waals surface area contributed by atoms with E-state index < -0.39 is 27.3 Å². The topological polar surface area (TPSA) is 117 Å².